The highest BCUT2D eigenvalue weighted by Crippen LogP contribution is 2.30. The molecule has 0 heterocycles. The highest BCUT2D eigenvalue weighted by molar-refractivity contribution is 6.05. The molecule has 33 heavy (non-hydrogen) atoms. The fraction of sp³-hybridized carbons (Fsp3) is 0.125. The minimum absolute atomic E-state index is 0.00890. The summed E-state index contributed by atoms with van der Waals surface area (Å²) >= 11 is 0. The predicted octanol–water partition coefficient (Wildman–Crippen LogP) is 4.26. The van der Waals surface area contributed by atoms with Gasteiger partial charge in [-0.2, -0.15) is 13.2 Å². The van der Waals surface area contributed by atoms with E-state index in [1.165, 1.54) is 30.3 Å². The summed E-state index contributed by atoms with van der Waals surface area (Å²) < 4.78 is 38.5. The average molecular weight is 455 g/mol. The first kappa shape index (κ1) is 23.5. The van der Waals surface area contributed by atoms with E-state index in [9.17, 15) is 27.6 Å². The molecule has 6 nitrogen and oxygen atoms in total. The van der Waals surface area contributed by atoms with Crippen LogP contribution in [-0.2, 0) is 22.2 Å². The topological polar surface area (TPSA) is 87.3 Å². The number of carbonyl (C=O) groups is 3. The van der Waals surface area contributed by atoms with E-state index in [4.69, 9.17) is 0 Å². The van der Waals surface area contributed by atoms with Gasteiger partial charge in [-0.3, -0.25) is 14.4 Å². The summed E-state index contributed by atoms with van der Waals surface area (Å²) in [5.74, 6) is -1.45. The van der Waals surface area contributed by atoms with Gasteiger partial charge in [0.15, 0.2) is 0 Å². The lowest BCUT2D eigenvalue weighted by atomic mass is 10.1. The van der Waals surface area contributed by atoms with Gasteiger partial charge in [-0.1, -0.05) is 42.5 Å². The van der Waals surface area contributed by atoms with Crippen molar-refractivity contribution in [2.24, 2.45) is 0 Å². The molecule has 3 rings (SSSR count). The summed E-state index contributed by atoms with van der Waals surface area (Å²) in [5.41, 5.74) is 0.364. The minimum atomic E-state index is -4.53. The average Bonchev–Trinajstić information content (AvgIpc) is 2.78. The highest BCUT2D eigenvalue weighted by Gasteiger charge is 2.30. The van der Waals surface area contributed by atoms with E-state index in [-0.39, 0.29) is 30.1 Å². The maximum atomic E-state index is 12.8. The monoisotopic (exact) mass is 455 g/mol. The zero-order chi connectivity index (χ0) is 23.8. The van der Waals surface area contributed by atoms with Crippen LogP contribution in [0.4, 0.5) is 24.5 Å². The summed E-state index contributed by atoms with van der Waals surface area (Å²) in [4.78, 5) is 36.5. The van der Waals surface area contributed by atoms with Crippen molar-refractivity contribution in [2.75, 3.05) is 17.2 Å². The molecular weight excluding hydrogens is 435 g/mol. The van der Waals surface area contributed by atoms with Crippen LogP contribution in [0.15, 0.2) is 78.9 Å². The Morgan fingerprint density at radius 3 is 2.09 bits per heavy atom. The van der Waals surface area contributed by atoms with Crippen molar-refractivity contribution in [1.29, 1.82) is 0 Å². The molecule has 0 aliphatic heterocycles. The van der Waals surface area contributed by atoms with E-state index < -0.39 is 23.6 Å². The third-order valence-corrected chi connectivity index (χ3v) is 4.51. The number of alkyl halides is 3. The van der Waals surface area contributed by atoms with Gasteiger partial charge in [-0.25, -0.2) is 0 Å². The molecule has 0 saturated heterocycles. The molecule has 0 aliphatic rings. The number of anilines is 2. The van der Waals surface area contributed by atoms with Gasteiger partial charge in [-0.15, -0.1) is 0 Å². The molecule has 3 amide bonds. The van der Waals surface area contributed by atoms with Crippen molar-refractivity contribution >= 4 is 29.1 Å². The lowest BCUT2D eigenvalue weighted by Gasteiger charge is -2.11. The molecule has 9 heteroatoms. The molecule has 0 spiro atoms. The molecular formula is C24H20F3N3O3. The van der Waals surface area contributed by atoms with E-state index in [2.05, 4.69) is 16.0 Å². The largest absolute Gasteiger partial charge is 0.416 e. The maximum absolute atomic E-state index is 12.8. The molecule has 170 valence electrons. The zero-order valence-corrected chi connectivity index (χ0v) is 17.3. The van der Waals surface area contributed by atoms with Gasteiger partial charge in [0.25, 0.3) is 5.91 Å². The molecule has 0 atom stereocenters. The number of halogens is 3. The second-order valence-corrected chi connectivity index (χ2v) is 7.10. The molecule has 0 bridgehead atoms. The first-order valence-corrected chi connectivity index (χ1v) is 9.90. The Hall–Kier alpha value is -4.14. The Balaban J connectivity index is 1.55. The summed E-state index contributed by atoms with van der Waals surface area (Å²) in [5, 5.41) is 7.49. The van der Waals surface area contributed by atoms with Crippen LogP contribution >= 0.6 is 0 Å². The molecule has 0 aliphatic carbocycles. The number of carbonyl (C=O) groups excluding carboxylic acids is 3. The van der Waals surface area contributed by atoms with E-state index >= 15 is 0 Å². The standard InChI is InChI=1S/C24H20F3N3O3/c25-24(26,27)18-9-5-11-20(14-18)30-23(33)17-8-4-10-19(13-17)29-22(32)15-28-21(31)12-16-6-2-1-3-7-16/h1-11,13-14H,12,15H2,(H,28,31)(H,29,32)(H,30,33). The SMILES string of the molecule is O=C(Cc1ccccc1)NCC(=O)Nc1cccc(C(=O)Nc2cccc(C(F)(F)F)c2)c1. The first-order valence-electron chi connectivity index (χ1n) is 9.90. The van der Waals surface area contributed by atoms with Crippen LogP contribution in [-0.4, -0.2) is 24.3 Å². The molecule has 0 unspecified atom stereocenters. The normalized spacial score (nSPS) is 10.9. The van der Waals surface area contributed by atoms with Gasteiger partial charge in [0.2, 0.25) is 11.8 Å². The molecule has 0 aromatic heterocycles. The molecule has 0 radical (unpaired) electrons. The van der Waals surface area contributed by atoms with Crippen LogP contribution in [0, 0.1) is 0 Å². The number of hydrogen-bond acceptors (Lipinski definition) is 3. The van der Waals surface area contributed by atoms with E-state index in [0.29, 0.717) is 5.69 Å². The molecule has 3 N–H and O–H groups in total. The third-order valence-electron chi connectivity index (χ3n) is 4.51. The minimum Gasteiger partial charge on any atom is -0.347 e. The number of hydrogen-bond donors (Lipinski definition) is 3. The highest BCUT2D eigenvalue weighted by atomic mass is 19.4. The second kappa shape index (κ2) is 10.4. The van der Waals surface area contributed by atoms with Crippen LogP contribution < -0.4 is 16.0 Å². The predicted molar refractivity (Wildman–Crippen MR) is 118 cm³/mol. The second-order valence-electron chi connectivity index (χ2n) is 7.10. The first-order chi connectivity index (χ1) is 15.7. The number of nitrogens with one attached hydrogen (secondary N) is 3. The van der Waals surface area contributed by atoms with Crippen molar-refractivity contribution in [3.8, 4) is 0 Å². The Morgan fingerprint density at radius 2 is 1.39 bits per heavy atom. The van der Waals surface area contributed by atoms with Gasteiger partial charge in [0.05, 0.1) is 18.5 Å². The third kappa shape index (κ3) is 7.20. The Labute approximate surface area is 187 Å². The number of benzene rings is 3. The molecule has 3 aromatic carbocycles. The lowest BCUT2D eigenvalue weighted by molar-refractivity contribution is -0.137. The summed E-state index contributed by atoms with van der Waals surface area (Å²) in [6.07, 6.45) is -4.39. The van der Waals surface area contributed by atoms with Crippen molar-refractivity contribution in [2.45, 2.75) is 12.6 Å². The fourth-order valence-corrected chi connectivity index (χ4v) is 2.94. The van der Waals surface area contributed by atoms with E-state index in [0.717, 1.165) is 17.7 Å². The number of rotatable bonds is 7. The maximum Gasteiger partial charge on any atom is 0.416 e. The van der Waals surface area contributed by atoms with Crippen LogP contribution in [0.2, 0.25) is 0 Å². The lowest BCUT2D eigenvalue weighted by Crippen LogP contribution is -2.33. The summed E-state index contributed by atoms with van der Waals surface area (Å²) in [6.45, 7) is -0.258. The van der Waals surface area contributed by atoms with Gasteiger partial charge >= 0.3 is 6.18 Å². The van der Waals surface area contributed by atoms with Crippen molar-refractivity contribution < 1.29 is 27.6 Å². The van der Waals surface area contributed by atoms with Crippen LogP contribution in [0.1, 0.15) is 21.5 Å². The summed E-state index contributed by atoms with van der Waals surface area (Å²) in [6, 6.07) is 19.2. The van der Waals surface area contributed by atoms with Crippen LogP contribution in [0.5, 0.6) is 0 Å². The quantitative estimate of drug-likeness (QED) is 0.498. The fourth-order valence-electron chi connectivity index (χ4n) is 2.94. The van der Waals surface area contributed by atoms with Gasteiger partial charge in [0, 0.05) is 16.9 Å². The number of amides is 3. The Kier molecular flexibility index (Phi) is 7.45. The molecule has 0 saturated carbocycles. The van der Waals surface area contributed by atoms with Crippen molar-refractivity contribution in [1.82, 2.24) is 5.32 Å². The van der Waals surface area contributed by atoms with E-state index in [1.807, 2.05) is 18.2 Å². The van der Waals surface area contributed by atoms with Crippen molar-refractivity contribution in [3.05, 3.63) is 95.6 Å². The molecule has 3 aromatic rings. The van der Waals surface area contributed by atoms with Crippen molar-refractivity contribution in [3.63, 3.8) is 0 Å². The summed E-state index contributed by atoms with van der Waals surface area (Å²) in [7, 11) is 0. The zero-order valence-electron chi connectivity index (χ0n) is 17.3. The van der Waals surface area contributed by atoms with E-state index in [1.54, 1.807) is 18.2 Å². The molecule has 0 fully saturated rings. The Morgan fingerprint density at radius 1 is 0.727 bits per heavy atom. The van der Waals surface area contributed by atoms with Gasteiger partial charge in [-0.05, 0) is 42.0 Å². The van der Waals surface area contributed by atoms with Crippen LogP contribution in [0.25, 0.3) is 0 Å². The van der Waals surface area contributed by atoms with Crippen LogP contribution in [0.3, 0.4) is 0 Å². The van der Waals surface area contributed by atoms with Gasteiger partial charge < -0.3 is 16.0 Å². The smallest absolute Gasteiger partial charge is 0.347 e. The van der Waals surface area contributed by atoms with Gasteiger partial charge in [0.1, 0.15) is 0 Å². The Bertz CT molecular complexity index is 1150.